The van der Waals surface area contributed by atoms with Crippen molar-refractivity contribution in [3.63, 3.8) is 0 Å². The molecule has 0 bridgehead atoms. The molecule has 0 radical (unpaired) electrons. The van der Waals surface area contributed by atoms with Crippen LogP contribution in [0.5, 0.6) is 11.5 Å². The average Bonchev–Trinajstić information content (AvgIpc) is 2.71. The third-order valence-electron chi connectivity index (χ3n) is 3.41. The van der Waals surface area contributed by atoms with Gasteiger partial charge in [-0.1, -0.05) is 0 Å². The van der Waals surface area contributed by atoms with E-state index in [9.17, 15) is 14.4 Å². The lowest BCUT2D eigenvalue weighted by Gasteiger charge is -2.04. The van der Waals surface area contributed by atoms with Crippen LogP contribution in [-0.4, -0.2) is 47.5 Å². The molecule has 31 heavy (non-hydrogen) atoms. The summed E-state index contributed by atoms with van der Waals surface area (Å²) in [7, 11) is 0. The fraction of sp³-hybridized carbons (Fsp3) is 0.318. The molecule has 0 aliphatic heterocycles. The van der Waals surface area contributed by atoms with Crippen LogP contribution in [0.2, 0.25) is 0 Å². The van der Waals surface area contributed by atoms with Crippen LogP contribution in [0.15, 0.2) is 58.3 Å². The molecule has 0 unspecified atom stereocenters. The van der Waals surface area contributed by atoms with Crippen molar-refractivity contribution in [2.24, 2.45) is 0 Å². The highest BCUT2D eigenvalue weighted by Gasteiger charge is 1.99. The molecule has 9 heteroatoms. The molecule has 2 rings (SSSR count). The summed E-state index contributed by atoms with van der Waals surface area (Å²) in [5.41, 5.74) is 0. The number of rotatable bonds is 9. The van der Waals surface area contributed by atoms with E-state index in [-0.39, 0.29) is 23.5 Å². The van der Waals surface area contributed by atoms with E-state index in [0.29, 0.717) is 18.8 Å². The highest BCUT2D eigenvalue weighted by atomic mass is 32.2. The molecule has 2 aromatic carbocycles. The van der Waals surface area contributed by atoms with Gasteiger partial charge in [-0.2, -0.15) is 0 Å². The molecule has 0 aliphatic rings. The van der Waals surface area contributed by atoms with Crippen molar-refractivity contribution in [3.05, 3.63) is 48.5 Å². The molecule has 168 valence electrons. The van der Waals surface area contributed by atoms with Gasteiger partial charge >= 0.3 is 5.97 Å². The second-order valence-electron chi connectivity index (χ2n) is 6.22. The van der Waals surface area contributed by atoms with Crippen molar-refractivity contribution < 1.29 is 24.2 Å². The highest BCUT2D eigenvalue weighted by molar-refractivity contribution is 7.99. The number of hydrogen-bond donors (Lipinski definition) is 3. The Kier molecular flexibility index (Phi) is 12.9. The lowest BCUT2D eigenvalue weighted by atomic mass is 10.3. The van der Waals surface area contributed by atoms with Gasteiger partial charge in [0.15, 0.2) is 0 Å². The SMILES string of the molecule is CC(=O)NCCSc1ccc(O)cc1.CC(=O)NCCSc1ccc(OC(C)=O)cc1. The molecule has 0 spiro atoms. The Morgan fingerprint density at radius 1 is 0.774 bits per heavy atom. The summed E-state index contributed by atoms with van der Waals surface area (Å²) in [4.78, 5) is 34.1. The molecular weight excluding hydrogens is 436 g/mol. The predicted octanol–water partition coefficient (Wildman–Crippen LogP) is 3.46. The van der Waals surface area contributed by atoms with E-state index in [0.717, 1.165) is 21.3 Å². The Bertz CT molecular complexity index is 827. The van der Waals surface area contributed by atoms with Crippen molar-refractivity contribution in [2.45, 2.75) is 30.6 Å². The van der Waals surface area contributed by atoms with Gasteiger partial charge in [0, 0.05) is 55.2 Å². The Hall–Kier alpha value is -2.65. The molecule has 0 aliphatic carbocycles. The fourth-order valence-corrected chi connectivity index (χ4v) is 3.64. The van der Waals surface area contributed by atoms with Crippen molar-refractivity contribution in [2.75, 3.05) is 24.6 Å². The average molecular weight is 465 g/mol. The third kappa shape index (κ3) is 14.1. The van der Waals surface area contributed by atoms with Crippen LogP contribution < -0.4 is 15.4 Å². The summed E-state index contributed by atoms with van der Waals surface area (Å²) < 4.78 is 4.92. The Morgan fingerprint density at radius 3 is 1.58 bits per heavy atom. The van der Waals surface area contributed by atoms with Crippen LogP contribution in [0.4, 0.5) is 0 Å². The molecular formula is C22H28N2O5S2. The van der Waals surface area contributed by atoms with Gasteiger partial charge < -0.3 is 20.5 Å². The maximum Gasteiger partial charge on any atom is 0.308 e. The minimum absolute atomic E-state index is 0.00342. The summed E-state index contributed by atoms with van der Waals surface area (Å²) in [6, 6.07) is 14.3. The van der Waals surface area contributed by atoms with Gasteiger partial charge in [-0.25, -0.2) is 0 Å². The maximum absolute atomic E-state index is 10.7. The minimum Gasteiger partial charge on any atom is -0.508 e. The van der Waals surface area contributed by atoms with Crippen LogP contribution in [0, 0.1) is 0 Å². The zero-order valence-corrected chi connectivity index (χ0v) is 19.5. The topological polar surface area (TPSA) is 105 Å². The van der Waals surface area contributed by atoms with Crippen LogP contribution in [0.3, 0.4) is 0 Å². The van der Waals surface area contributed by atoms with Gasteiger partial charge in [-0.05, 0) is 48.5 Å². The summed E-state index contributed by atoms with van der Waals surface area (Å²) in [5, 5.41) is 14.5. The van der Waals surface area contributed by atoms with Crippen LogP contribution in [0.25, 0.3) is 0 Å². The number of amides is 2. The molecule has 0 saturated heterocycles. The minimum atomic E-state index is -0.323. The molecule has 2 aromatic rings. The third-order valence-corrected chi connectivity index (χ3v) is 5.44. The van der Waals surface area contributed by atoms with E-state index >= 15 is 0 Å². The number of thioether (sulfide) groups is 2. The number of phenols is 1. The Morgan fingerprint density at radius 2 is 1.19 bits per heavy atom. The summed E-state index contributed by atoms with van der Waals surface area (Å²) in [6.45, 7) is 5.69. The van der Waals surface area contributed by atoms with Crippen LogP contribution in [0.1, 0.15) is 20.8 Å². The number of benzene rings is 2. The van der Waals surface area contributed by atoms with Gasteiger partial charge in [0.25, 0.3) is 0 Å². The monoisotopic (exact) mass is 464 g/mol. The number of ether oxygens (including phenoxy) is 1. The largest absolute Gasteiger partial charge is 0.508 e. The Labute approximate surface area is 191 Å². The maximum atomic E-state index is 10.7. The first-order valence-electron chi connectivity index (χ1n) is 9.58. The normalized spacial score (nSPS) is 9.77. The second-order valence-corrected chi connectivity index (χ2v) is 8.56. The van der Waals surface area contributed by atoms with E-state index in [4.69, 9.17) is 9.84 Å². The van der Waals surface area contributed by atoms with E-state index < -0.39 is 0 Å². The van der Waals surface area contributed by atoms with Crippen molar-refractivity contribution in [3.8, 4) is 11.5 Å². The first-order valence-corrected chi connectivity index (χ1v) is 11.6. The Balaban J connectivity index is 0.000000316. The van der Waals surface area contributed by atoms with E-state index in [2.05, 4.69) is 10.6 Å². The molecule has 0 heterocycles. The number of aromatic hydroxyl groups is 1. The van der Waals surface area contributed by atoms with E-state index in [1.165, 1.54) is 20.8 Å². The molecule has 7 nitrogen and oxygen atoms in total. The summed E-state index contributed by atoms with van der Waals surface area (Å²) in [5.74, 6) is 2.12. The zero-order valence-electron chi connectivity index (χ0n) is 17.8. The van der Waals surface area contributed by atoms with Crippen molar-refractivity contribution >= 4 is 41.3 Å². The summed E-state index contributed by atoms with van der Waals surface area (Å²) >= 11 is 3.28. The lowest BCUT2D eigenvalue weighted by Crippen LogP contribution is -2.22. The van der Waals surface area contributed by atoms with Gasteiger partial charge in [0.1, 0.15) is 11.5 Å². The van der Waals surface area contributed by atoms with Gasteiger partial charge in [0.2, 0.25) is 11.8 Å². The molecule has 0 atom stereocenters. The quantitative estimate of drug-likeness (QED) is 0.226. The number of carbonyl (C=O) groups is 3. The molecule has 2 amide bonds. The van der Waals surface area contributed by atoms with Crippen LogP contribution >= 0.6 is 23.5 Å². The lowest BCUT2D eigenvalue weighted by molar-refractivity contribution is -0.132. The number of nitrogens with one attached hydrogen (secondary N) is 2. The second kappa shape index (κ2) is 15.2. The molecule has 0 aromatic heterocycles. The number of phenolic OH excluding ortho intramolecular Hbond substituents is 1. The first-order chi connectivity index (χ1) is 14.8. The number of hydrogen-bond acceptors (Lipinski definition) is 7. The molecule has 3 N–H and O–H groups in total. The van der Waals surface area contributed by atoms with Crippen molar-refractivity contribution in [1.82, 2.24) is 10.6 Å². The predicted molar refractivity (Wildman–Crippen MR) is 125 cm³/mol. The van der Waals surface area contributed by atoms with Gasteiger partial charge in [0.05, 0.1) is 0 Å². The smallest absolute Gasteiger partial charge is 0.308 e. The van der Waals surface area contributed by atoms with E-state index in [1.54, 1.807) is 47.8 Å². The number of esters is 1. The van der Waals surface area contributed by atoms with Crippen LogP contribution in [-0.2, 0) is 14.4 Å². The van der Waals surface area contributed by atoms with Gasteiger partial charge in [-0.3, -0.25) is 14.4 Å². The van der Waals surface area contributed by atoms with E-state index in [1.807, 2.05) is 24.3 Å². The molecule has 0 fully saturated rings. The summed E-state index contributed by atoms with van der Waals surface area (Å²) in [6.07, 6.45) is 0. The standard InChI is InChI=1S/C12H15NO3S.C10H13NO2S/c1-9(14)13-7-8-17-12-5-3-11(4-6-12)16-10(2)15;1-8(12)11-6-7-14-10-4-2-9(13)3-5-10/h3-6H,7-8H2,1-2H3,(H,13,14);2-5,13H,6-7H2,1H3,(H,11,12). The fourth-order valence-electron chi connectivity index (χ4n) is 2.10. The number of carbonyl (C=O) groups excluding carboxylic acids is 3. The highest BCUT2D eigenvalue weighted by Crippen LogP contribution is 2.21. The van der Waals surface area contributed by atoms with Gasteiger partial charge in [-0.15, -0.1) is 23.5 Å². The first kappa shape index (κ1) is 26.4. The van der Waals surface area contributed by atoms with Crippen molar-refractivity contribution in [1.29, 1.82) is 0 Å². The molecule has 0 saturated carbocycles. The zero-order chi connectivity index (χ0) is 23.1.